The molecule has 0 fully saturated rings. The van der Waals surface area contributed by atoms with Crippen LogP contribution >= 0.6 is 11.3 Å². The van der Waals surface area contributed by atoms with E-state index in [0.29, 0.717) is 5.92 Å². The van der Waals surface area contributed by atoms with Crippen molar-refractivity contribution >= 4 is 11.3 Å². The molecule has 1 aromatic carbocycles. The fourth-order valence-corrected chi connectivity index (χ4v) is 3.60. The van der Waals surface area contributed by atoms with E-state index in [9.17, 15) is 0 Å². The average molecular weight is 243 g/mol. The minimum absolute atomic E-state index is 0.176. The molecule has 17 heavy (non-hydrogen) atoms. The average Bonchev–Trinajstić information content (AvgIpc) is 2.79. The Bertz CT molecular complexity index is 529. The number of aryl methyl sites for hydroxylation is 1. The molecule has 2 heteroatoms. The fourth-order valence-electron chi connectivity index (χ4n) is 2.58. The molecule has 0 saturated carbocycles. The van der Waals surface area contributed by atoms with E-state index >= 15 is 0 Å². The number of benzene rings is 1. The van der Waals surface area contributed by atoms with Crippen molar-refractivity contribution in [3.63, 3.8) is 0 Å². The van der Waals surface area contributed by atoms with Crippen LogP contribution in [-0.2, 0) is 12.8 Å². The standard InChI is InChI=1S/C15H17NS/c1-2-11-7-8-14(17-11)15(16)13-9-10-5-3-4-6-12(10)13/h3-8,13,15H,2,9,16H2,1H3. The summed E-state index contributed by atoms with van der Waals surface area (Å²) in [5, 5.41) is 0. The molecule has 1 aliphatic carbocycles. The Morgan fingerprint density at radius 1 is 1.29 bits per heavy atom. The van der Waals surface area contributed by atoms with Crippen molar-refractivity contribution in [1.82, 2.24) is 0 Å². The topological polar surface area (TPSA) is 26.0 Å². The van der Waals surface area contributed by atoms with Crippen LogP contribution in [0.2, 0.25) is 0 Å². The van der Waals surface area contributed by atoms with Gasteiger partial charge in [0.25, 0.3) is 0 Å². The van der Waals surface area contributed by atoms with E-state index in [1.165, 1.54) is 20.9 Å². The summed E-state index contributed by atoms with van der Waals surface area (Å²) in [7, 11) is 0. The van der Waals surface area contributed by atoms with Crippen LogP contribution < -0.4 is 5.73 Å². The zero-order chi connectivity index (χ0) is 11.8. The van der Waals surface area contributed by atoms with Crippen molar-refractivity contribution in [2.45, 2.75) is 31.7 Å². The minimum Gasteiger partial charge on any atom is -0.323 e. The zero-order valence-corrected chi connectivity index (χ0v) is 10.8. The van der Waals surface area contributed by atoms with E-state index in [2.05, 4.69) is 43.3 Å². The molecule has 0 amide bonds. The van der Waals surface area contributed by atoms with Crippen molar-refractivity contribution in [3.05, 3.63) is 57.3 Å². The van der Waals surface area contributed by atoms with Crippen LogP contribution in [0.15, 0.2) is 36.4 Å². The number of nitrogens with two attached hydrogens (primary N) is 1. The van der Waals surface area contributed by atoms with Gasteiger partial charge in [0.15, 0.2) is 0 Å². The first-order valence-corrected chi connectivity index (χ1v) is 7.03. The summed E-state index contributed by atoms with van der Waals surface area (Å²) in [5.41, 5.74) is 9.32. The summed E-state index contributed by atoms with van der Waals surface area (Å²) in [6, 6.07) is 13.3. The van der Waals surface area contributed by atoms with Gasteiger partial charge in [-0.15, -0.1) is 11.3 Å². The van der Waals surface area contributed by atoms with E-state index in [-0.39, 0.29) is 6.04 Å². The molecular formula is C15H17NS. The van der Waals surface area contributed by atoms with Gasteiger partial charge in [-0.25, -0.2) is 0 Å². The van der Waals surface area contributed by atoms with Crippen molar-refractivity contribution in [3.8, 4) is 0 Å². The zero-order valence-electron chi connectivity index (χ0n) is 10.0. The number of rotatable bonds is 3. The summed E-state index contributed by atoms with van der Waals surface area (Å²) in [6.07, 6.45) is 2.25. The molecule has 1 nitrogen and oxygen atoms in total. The molecule has 0 radical (unpaired) electrons. The molecular weight excluding hydrogens is 226 g/mol. The lowest BCUT2D eigenvalue weighted by Gasteiger charge is -2.34. The summed E-state index contributed by atoms with van der Waals surface area (Å²) in [6.45, 7) is 2.19. The summed E-state index contributed by atoms with van der Waals surface area (Å²) >= 11 is 1.87. The SMILES string of the molecule is CCc1ccc(C(N)C2Cc3ccccc32)s1. The van der Waals surface area contributed by atoms with Crippen LogP contribution in [-0.4, -0.2) is 0 Å². The lowest BCUT2D eigenvalue weighted by atomic mass is 9.73. The highest BCUT2D eigenvalue weighted by Gasteiger charge is 2.31. The Hall–Kier alpha value is -1.12. The second-order valence-corrected chi connectivity index (χ2v) is 5.89. The molecule has 2 aromatic rings. The lowest BCUT2D eigenvalue weighted by Crippen LogP contribution is -2.28. The van der Waals surface area contributed by atoms with Crippen LogP contribution in [0.5, 0.6) is 0 Å². The second-order valence-electron chi connectivity index (χ2n) is 4.69. The maximum atomic E-state index is 6.39. The molecule has 3 rings (SSSR count). The molecule has 0 bridgehead atoms. The Balaban J connectivity index is 1.83. The second kappa shape index (κ2) is 4.28. The molecule has 88 valence electrons. The van der Waals surface area contributed by atoms with Gasteiger partial charge >= 0.3 is 0 Å². The van der Waals surface area contributed by atoms with Gasteiger partial charge in [-0.2, -0.15) is 0 Å². The molecule has 2 N–H and O–H groups in total. The minimum atomic E-state index is 0.176. The predicted octanol–water partition coefficient (Wildman–Crippen LogP) is 3.65. The molecule has 1 aromatic heterocycles. The van der Waals surface area contributed by atoms with Crippen molar-refractivity contribution in [1.29, 1.82) is 0 Å². The van der Waals surface area contributed by atoms with Gasteiger partial charge in [0.05, 0.1) is 0 Å². The van der Waals surface area contributed by atoms with E-state index in [1.807, 2.05) is 11.3 Å². The highest BCUT2D eigenvalue weighted by Crippen LogP contribution is 2.43. The number of hydrogen-bond acceptors (Lipinski definition) is 2. The first kappa shape index (κ1) is 11.0. The van der Waals surface area contributed by atoms with Crippen LogP contribution in [0.3, 0.4) is 0 Å². The normalized spacial score (nSPS) is 19.5. The molecule has 2 atom stereocenters. The maximum Gasteiger partial charge on any atom is 0.0462 e. The Morgan fingerprint density at radius 3 is 2.82 bits per heavy atom. The Labute approximate surface area is 106 Å². The quantitative estimate of drug-likeness (QED) is 0.875. The fraction of sp³-hybridized carbons (Fsp3) is 0.333. The lowest BCUT2D eigenvalue weighted by molar-refractivity contribution is 0.506. The van der Waals surface area contributed by atoms with Crippen molar-refractivity contribution < 1.29 is 0 Å². The largest absolute Gasteiger partial charge is 0.323 e. The Morgan fingerprint density at radius 2 is 2.12 bits per heavy atom. The monoisotopic (exact) mass is 243 g/mol. The van der Waals surface area contributed by atoms with Gasteiger partial charge in [-0.05, 0) is 36.1 Å². The van der Waals surface area contributed by atoms with E-state index in [4.69, 9.17) is 5.73 Å². The molecule has 1 aliphatic rings. The third-order valence-corrected chi connectivity index (χ3v) is 5.02. The smallest absolute Gasteiger partial charge is 0.0462 e. The van der Waals surface area contributed by atoms with E-state index in [1.54, 1.807) is 0 Å². The van der Waals surface area contributed by atoms with E-state index < -0.39 is 0 Å². The molecule has 0 aliphatic heterocycles. The summed E-state index contributed by atoms with van der Waals surface area (Å²) in [5.74, 6) is 0.523. The molecule has 1 heterocycles. The number of fused-ring (bicyclic) bond motifs is 1. The van der Waals surface area contributed by atoms with Gasteiger partial charge in [0.1, 0.15) is 0 Å². The summed E-state index contributed by atoms with van der Waals surface area (Å²) < 4.78 is 0. The third-order valence-electron chi connectivity index (χ3n) is 3.69. The van der Waals surface area contributed by atoms with Gasteiger partial charge in [-0.3, -0.25) is 0 Å². The molecule has 2 unspecified atom stereocenters. The summed E-state index contributed by atoms with van der Waals surface area (Å²) in [4.78, 5) is 2.77. The number of hydrogen-bond donors (Lipinski definition) is 1. The van der Waals surface area contributed by atoms with Gasteiger partial charge in [0, 0.05) is 21.7 Å². The van der Waals surface area contributed by atoms with Crippen LogP contribution in [0.4, 0.5) is 0 Å². The van der Waals surface area contributed by atoms with Crippen molar-refractivity contribution in [2.75, 3.05) is 0 Å². The van der Waals surface area contributed by atoms with Crippen LogP contribution in [0.25, 0.3) is 0 Å². The van der Waals surface area contributed by atoms with E-state index in [0.717, 1.165) is 12.8 Å². The van der Waals surface area contributed by atoms with Crippen molar-refractivity contribution in [2.24, 2.45) is 5.73 Å². The highest BCUT2D eigenvalue weighted by atomic mass is 32.1. The Kier molecular flexibility index (Phi) is 2.77. The highest BCUT2D eigenvalue weighted by molar-refractivity contribution is 7.12. The van der Waals surface area contributed by atoms with Gasteiger partial charge in [-0.1, -0.05) is 31.2 Å². The predicted molar refractivity (Wildman–Crippen MR) is 73.5 cm³/mol. The first-order valence-electron chi connectivity index (χ1n) is 6.21. The third kappa shape index (κ3) is 1.81. The van der Waals surface area contributed by atoms with Gasteiger partial charge in [0.2, 0.25) is 0 Å². The maximum absolute atomic E-state index is 6.39. The number of thiophene rings is 1. The van der Waals surface area contributed by atoms with Gasteiger partial charge < -0.3 is 5.73 Å². The first-order chi connectivity index (χ1) is 8.29. The molecule has 0 spiro atoms. The van der Waals surface area contributed by atoms with Crippen LogP contribution in [0, 0.1) is 0 Å². The van der Waals surface area contributed by atoms with Crippen LogP contribution in [0.1, 0.15) is 39.8 Å². The molecule has 0 saturated heterocycles.